The molecule has 2 aromatic rings. The summed E-state index contributed by atoms with van der Waals surface area (Å²) in [6.45, 7) is 7.50. The number of imidazole rings is 1. The fourth-order valence-corrected chi connectivity index (χ4v) is 2.74. The molecule has 0 aromatic carbocycles. The molecule has 2 aromatic heterocycles. The lowest BCUT2D eigenvalue weighted by Gasteiger charge is -2.16. The molecule has 0 radical (unpaired) electrons. The van der Waals surface area contributed by atoms with Crippen LogP contribution in [0.3, 0.4) is 0 Å². The number of aromatic nitrogens is 4. The first-order valence-electron chi connectivity index (χ1n) is 7.67. The average Bonchev–Trinajstić information content (AvgIpc) is 3.15. The maximum absolute atomic E-state index is 12.5. The van der Waals surface area contributed by atoms with Crippen LogP contribution in [0.2, 0.25) is 0 Å². The van der Waals surface area contributed by atoms with Gasteiger partial charge in [0.05, 0.1) is 5.56 Å². The summed E-state index contributed by atoms with van der Waals surface area (Å²) < 4.78 is 0. The number of hydrogen-bond donors (Lipinski definition) is 1. The molecule has 0 aliphatic carbocycles. The minimum absolute atomic E-state index is 0.00100. The Labute approximate surface area is 130 Å². The highest BCUT2D eigenvalue weighted by atomic mass is 16.2. The number of amides is 1. The van der Waals surface area contributed by atoms with Crippen LogP contribution in [0.25, 0.3) is 0 Å². The predicted molar refractivity (Wildman–Crippen MR) is 82.7 cm³/mol. The summed E-state index contributed by atoms with van der Waals surface area (Å²) in [5.41, 5.74) is 1.61. The quantitative estimate of drug-likeness (QED) is 0.943. The van der Waals surface area contributed by atoms with Gasteiger partial charge < -0.3 is 9.88 Å². The van der Waals surface area contributed by atoms with E-state index in [9.17, 15) is 4.79 Å². The first-order chi connectivity index (χ1) is 10.5. The lowest BCUT2D eigenvalue weighted by Crippen LogP contribution is -2.28. The summed E-state index contributed by atoms with van der Waals surface area (Å²) in [7, 11) is 0. The van der Waals surface area contributed by atoms with Gasteiger partial charge in [0.1, 0.15) is 11.6 Å². The third-order valence-corrected chi connectivity index (χ3v) is 4.02. The predicted octanol–water partition coefficient (Wildman–Crippen LogP) is 2.26. The number of hydrogen-bond acceptors (Lipinski definition) is 4. The van der Waals surface area contributed by atoms with Gasteiger partial charge in [0.2, 0.25) is 0 Å². The Hall–Kier alpha value is -2.24. The molecule has 1 saturated heterocycles. The number of nitrogens with zero attached hydrogens (tertiary/aromatic N) is 4. The summed E-state index contributed by atoms with van der Waals surface area (Å²) in [5.74, 6) is 2.29. The van der Waals surface area contributed by atoms with Gasteiger partial charge in [-0.25, -0.2) is 15.0 Å². The number of nitrogens with one attached hydrogen (secondary N) is 1. The van der Waals surface area contributed by atoms with Crippen LogP contribution in [0, 0.1) is 6.92 Å². The molecular weight excluding hydrogens is 278 g/mol. The Kier molecular flexibility index (Phi) is 3.92. The minimum atomic E-state index is 0.00100. The fraction of sp³-hybridized carbons (Fsp3) is 0.500. The molecule has 6 nitrogen and oxygen atoms in total. The van der Waals surface area contributed by atoms with E-state index >= 15 is 0 Å². The molecule has 3 heterocycles. The van der Waals surface area contributed by atoms with Gasteiger partial charge in [-0.2, -0.15) is 0 Å². The van der Waals surface area contributed by atoms with Crippen molar-refractivity contribution in [1.82, 2.24) is 24.8 Å². The van der Waals surface area contributed by atoms with Crippen LogP contribution in [0.1, 0.15) is 59.8 Å². The molecule has 1 fully saturated rings. The number of likely N-dealkylation sites (tertiary alicyclic amines) is 1. The normalized spacial score (nSPS) is 18.2. The highest BCUT2D eigenvalue weighted by Gasteiger charge is 2.29. The summed E-state index contributed by atoms with van der Waals surface area (Å²) in [6, 6.07) is 0. The molecule has 3 rings (SSSR count). The third kappa shape index (κ3) is 2.86. The Morgan fingerprint density at radius 1 is 1.27 bits per heavy atom. The van der Waals surface area contributed by atoms with Crippen molar-refractivity contribution in [1.29, 1.82) is 0 Å². The van der Waals surface area contributed by atoms with E-state index in [1.807, 2.05) is 31.9 Å². The van der Waals surface area contributed by atoms with E-state index < -0.39 is 0 Å². The SMILES string of the molecule is Cc1cnc(C2CCN(C(=O)c3cnc(C(C)C)nc3)C2)[nH]1. The summed E-state index contributed by atoms with van der Waals surface area (Å²) >= 11 is 0. The van der Waals surface area contributed by atoms with Gasteiger partial charge in [-0.15, -0.1) is 0 Å². The van der Waals surface area contributed by atoms with E-state index in [1.54, 1.807) is 12.4 Å². The second kappa shape index (κ2) is 5.87. The van der Waals surface area contributed by atoms with Crippen molar-refractivity contribution in [2.75, 3.05) is 13.1 Å². The number of aromatic amines is 1. The monoisotopic (exact) mass is 299 g/mol. The highest BCUT2D eigenvalue weighted by Crippen LogP contribution is 2.26. The van der Waals surface area contributed by atoms with E-state index in [0.717, 1.165) is 30.3 Å². The van der Waals surface area contributed by atoms with Crippen molar-refractivity contribution in [3.8, 4) is 0 Å². The van der Waals surface area contributed by atoms with E-state index in [4.69, 9.17) is 0 Å². The van der Waals surface area contributed by atoms with E-state index in [-0.39, 0.29) is 17.7 Å². The molecule has 0 saturated carbocycles. The lowest BCUT2D eigenvalue weighted by atomic mass is 10.1. The molecular formula is C16H21N5O. The Morgan fingerprint density at radius 3 is 2.59 bits per heavy atom. The molecule has 1 aliphatic heterocycles. The highest BCUT2D eigenvalue weighted by molar-refractivity contribution is 5.93. The van der Waals surface area contributed by atoms with Crippen molar-refractivity contribution in [2.24, 2.45) is 0 Å². The molecule has 1 aliphatic rings. The number of aryl methyl sites for hydroxylation is 1. The van der Waals surface area contributed by atoms with Crippen molar-refractivity contribution >= 4 is 5.91 Å². The van der Waals surface area contributed by atoms with Gasteiger partial charge in [-0.05, 0) is 13.3 Å². The van der Waals surface area contributed by atoms with E-state index in [0.29, 0.717) is 12.1 Å². The zero-order valence-corrected chi connectivity index (χ0v) is 13.2. The summed E-state index contributed by atoms with van der Waals surface area (Å²) in [4.78, 5) is 30.6. The van der Waals surface area contributed by atoms with Crippen molar-refractivity contribution in [2.45, 2.75) is 39.0 Å². The largest absolute Gasteiger partial charge is 0.346 e. The van der Waals surface area contributed by atoms with Crippen LogP contribution in [0.4, 0.5) is 0 Å². The molecule has 0 bridgehead atoms. The maximum atomic E-state index is 12.5. The smallest absolute Gasteiger partial charge is 0.257 e. The number of carbonyl (C=O) groups excluding carboxylic acids is 1. The standard InChI is InChI=1S/C16H21N5O/c1-10(2)14-18-7-13(8-19-14)16(22)21-5-4-12(9-21)15-17-6-11(3)20-15/h6-8,10,12H,4-5,9H2,1-3H3,(H,17,20). The zero-order valence-electron chi connectivity index (χ0n) is 13.2. The Balaban J connectivity index is 1.68. The van der Waals surface area contributed by atoms with E-state index in [2.05, 4.69) is 19.9 Å². The lowest BCUT2D eigenvalue weighted by molar-refractivity contribution is 0.0789. The number of H-pyrrole nitrogens is 1. The van der Waals surface area contributed by atoms with Gasteiger partial charge >= 0.3 is 0 Å². The van der Waals surface area contributed by atoms with Gasteiger partial charge in [0.15, 0.2) is 0 Å². The first-order valence-corrected chi connectivity index (χ1v) is 7.67. The van der Waals surface area contributed by atoms with Gasteiger partial charge in [-0.1, -0.05) is 13.8 Å². The van der Waals surface area contributed by atoms with Crippen molar-refractivity contribution < 1.29 is 4.79 Å². The van der Waals surface area contributed by atoms with Crippen LogP contribution < -0.4 is 0 Å². The van der Waals surface area contributed by atoms with Gasteiger partial charge in [0, 0.05) is 49.2 Å². The van der Waals surface area contributed by atoms with Gasteiger partial charge in [0.25, 0.3) is 5.91 Å². The van der Waals surface area contributed by atoms with Crippen molar-refractivity contribution in [3.63, 3.8) is 0 Å². The molecule has 116 valence electrons. The van der Waals surface area contributed by atoms with Crippen LogP contribution in [0.5, 0.6) is 0 Å². The van der Waals surface area contributed by atoms with Crippen LogP contribution in [0.15, 0.2) is 18.6 Å². The number of rotatable bonds is 3. The fourth-order valence-electron chi connectivity index (χ4n) is 2.74. The minimum Gasteiger partial charge on any atom is -0.346 e. The van der Waals surface area contributed by atoms with Crippen LogP contribution in [-0.4, -0.2) is 43.8 Å². The topological polar surface area (TPSA) is 74.8 Å². The average molecular weight is 299 g/mol. The second-order valence-electron chi connectivity index (χ2n) is 6.17. The van der Waals surface area contributed by atoms with E-state index in [1.165, 1.54) is 0 Å². The number of carbonyl (C=O) groups is 1. The van der Waals surface area contributed by atoms with Crippen LogP contribution in [-0.2, 0) is 0 Å². The molecule has 22 heavy (non-hydrogen) atoms. The van der Waals surface area contributed by atoms with Crippen molar-refractivity contribution in [3.05, 3.63) is 41.5 Å². The maximum Gasteiger partial charge on any atom is 0.257 e. The van der Waals surface area contributed by atoms with Crippen LogP contribution >= 0.6 is 0 Å². The molecule has 1 amide bonds. The zero-order chi connectivity index (χ0) is 15.7. The first kappa shape index (κ1) is 14.7. The molecule has 1 N–H and O–H groups in total. The third-order valence-electron chi connectivity index (χ3n) is 4.02. The summed E-state index contributed by atoms with van der Waals surface area (Å²) in [6.07, 6.45) is 6.03. The Bertz CT molecular complexity index is 661. The molecule has 0 spiro atoms. The second-order valence-corrected chi connectivity index (χ2v) is 6.17. The molecule has 1 unspecified atom stereocenters. The molecule has 1 atom stereocenters. The summed E-state index contributed by atoms with van der Waals surface area (Å²) in [5, 5.41) is 0. The van der Waals surface area contributed by atoms with Gasteiger partial charge in [-0.3, -0.25) is 4.79 Å². The molecule has 6 heteroatoms. The Morgan fingerprint density at radius 2 is 2.00 bits per heavy atom.